The van der Waals surface area contributed by atoms with Crippen molar-refractivity contribution in [3.8, 4) is 0 Å². The van der Waals surface area contributed by atoms with E-state index < -0.39 is 0 Å². The molecule has 0 N–H and O–H groups in total. The van der Waals surface area contributed by atoms with E-state index in [4.69, 9.17) is 0 Å². The van der Waals surface area contributed by atoms with Crippen molar-refractivity contribution < 1.29 is 0 Å². The zero-order valence-corrected chi connectivity index (χ0v) is 20.1. The Bertz CT molecular complexity index is 639. The van der Waals surface area contributed by atoms with Gasteiger partial charge in [0.25, 0.3) is 0 Å². The average Bonchev–Trinajstić information content (AvgIpc) is 2.72. The molecule has 1 aromatic rings. The molecule has 2 saturated carbocycles. The summed E-state index contributed by atoms with van der Waals surface area (Å²) in [7, 11) is 0. The van der Waals surface area contributed by atoms with E-state index in [0.29, 0.717) is 0 Å². The van der Waals surface area contributed by atoms with Crippen molar-refractivity contribution in [1.29, 1.82) is 0 Å². The molecule has 2 aliphatic carbocycles. The van der Waals surface area contributed by atoms with Crippen LogP contribution >= 0.6 is 23.5 Å². The maximum Gasteiger partial charge on any atom is -0.0242 e. The van der Waals surface area contributed by atoms with Gasteiger partial charge >= 0.3 is 0 Å². The SMILES string of the molecule is C(S/C=C/c1ccc(/C=C/SC=C2CCCCCCC2)cc1)=C1CCCCCCC1. The first-order valence-electron chi connectivity index (χ1n) is 12.0. The summed E-state index contributed by atoms with van der Waals surface area (Å²) >= 11 is 3.68. The monoisotopic (exact) mass is 438 g/mol. The van der Waals surface area contributed by atoms with Crippen LogP contribution in [0.2, 0.25) is 0 Å². The lowest BCUT2D eigenvalue weighted by Crippen LogP contribution is -1.90. The van der Waals surface area contributed by atoms with E-state index in [1.54, 1.807) is 11.1 Å². The second-order valence-electron chi connectivity index (χ2n) is 8.63. The molecule has 0 spiro atoms. The number of benzene rings is 1. The van der Waals surface area contributed by atoms with Gasteiger partial charge in [0.2, 0.25) is 0 Å². The third kappa shape index (κ3) is 9.79. The molecular formula is C28H38S2. The predicted molar refractivity (Wildman–Crippen MR) is 140 cm³/mol. The molecule has 0 atom stereocenters. The maximum atomic E-state index is 2.39. The van der Waals surface area contributed by atoms with Crippen molar-refractivity contribution in [2.45, 2.75) is 89.9 Å². The molecule has 0 bridgehead atoms. The molecule has 2 aliphatic rings. The van der Waals surface area contributed by atoms with Gasteiger partial charge in [0, 0.05) is 0 Å². The van der Waals surface area contributed by atoms with Crippen molar-refractivity contribution >= 4 is 35.7 Å². The molecule has 1 aromatic carbocycles. The second kappa shape index (κ2) is 14.8. The van der Waals surface area contributed by atoms with Gasteiger partial charge in [0.1, 0.15) is 0 Å². The van der Waals surface area contributed by atoms with Gasteiger partial charge < -0.3 is 0 Å². The third-order valence-electron chi connectivity index (χ3n) is 6.08. The molecule has 0 aromatic heterocycles. The first-order chi connectivity index (χ1) is 14.9. The number of hydrogen-bond donors (Lipinski definition) is 0. The van der Waals surface area contributed by atoms with Crippen LogP contribution in [0.1, 0.15) is 101 Å². The van der Waals surface area contributed by atoms with Gasteiger partial charge in [-0.2, -0.15) is 0 Å². The van der Waals surface area contributed by atoms with E-state index >= 15 is 0 Å². The normalized spacial score (nSPS) is 19.3. The van der Waals surface area contributed by atoms with Crippen molar-refractivity contribution in [1.82, 2.24) is 0 Å². The highest BCUT2D eigenvalue weighted by Gasteiger charge is 2.03. The molecule has 0 aliphatic heterocycles. The summed E-state index contributed by atoms with van der Waals surface area (Å²) in [6.45, 7) is 0. The Morgan fingerprint density at radius 2 is 0.800 bits per heavy atom. The van der Waals surface area contributed by atoms with Gasteiger partial charge in [-0.25, -0.2) is 0 Å². The van der Waals surface area contributed by atoms with Crippen LogP contribution < -0.4 is 0 Å². The fraction of sp³-hybridized carbons (Fsp3) is 0.500. The van der Waals surface area contributed by atoms with Crippen LogP contribution in [-0.4, -0.2) is 0 Å². The summed E-state index contributed by atoms with van der Waals surface area (Å²) in [5, 5.41) is 9.24. The Morgan fingerprint density at radius 3 is 1.17 bits per heavy atom. The molecular weight excluding hydrogens is 400 g/mol. The van der Waals surface area contributed by atoms with E-state index in [0.717, 1.165) is 0 Å². The number of thioether (sulfide) groups is 2. The smallest absolute Gasteiger partial charge is 0.0242 e. The maximum absolute atomic E-state index is 2.39. The minimum atomic E-state index is 1.28. The molecule has 2 fully saturated rings. The lowest BCUT2D eigenvalue weighted by molar-refractivity contribution is 0.569. The van der Waals surface area contributed by atoms with Crippen LogP contribution in [0, 0.1) is 0 Å². The molecule has 30 heavy (non-hydrogen) atoms. The third-order valence-corrected chi connectivity index (χ3v) is 7.60. The minimum absolute atomic E-state index is 1.28. The average molecular weight is 439 g/mol. The second-order valence-corrected chi connectivity index (χ2v) is 10.2. The summed E-state index contributed by atoms with van der Waals surface area (Å²) in [5.41, 5.74) is 5.86. The Balaban J connectivity index is 1.41. The Hall–Kier alpha value is -1.12. The van der Waals surface area contributed by atoms with Crippen LogP contribution in [0.3, 0.4) is 0 Å². The van der Waals surface area contributed by atoms with Gasteiger partial charge in [0.05, 0.1) is 0 Å². The topological polar surface area (TPSA) is 0 Å². The minimum Gasteiger partial charge on any atom is -0.106 e. The molecule has 0 amide bonds. The highest BCUT2D eigenvalue weighted by atomic mass is 32.2. The van der Waals surface area contributed by atoms with Crippen LogP contribution in [0.25, 0.3) is 12.2 Å². The van der Waals surface area contributed by atoms with Crippen molar-refractivity contribution in [2.75, 3.05) is 0 Å². The van der Waals surface area contributed by atoms with Crippen molar-refractivity contribution in [2.24, 2.45) is 0 Å². The summed E-state index contributed by atoms with van der Waals surface area (Å²) in [4.78, 5) is 0. The molecule has 0 heterocycles. The molecule has 2 heteroatoms. The standard InChI is InChI=1S/C28H38S2/c1-3-7-11-27(12-8-4-1)23-29-21-19-25-15-17-26(18-16-25)20-22-30-24-28-13-9-5-2-6-10-14-28/h15-24H,1-14H2/b21-19+,22-20+. The van der Waals surface area contributed by atoms with Crippen LogP contribution in [0.5, 0.6) is 0 Å². The largest absolute Gasteiger partial charge is 0.106 e. The van der Waals surface area contributed by atoms with Gasteiger partial charge in [-0.05, 0) is 96.3 Å². The molecule has 0 saturated heterocycles. The summed E-state index contributed by atoms with van der Waals surface area (Å²) in [6.07, 6.45) is 23.7. The Kier molecular flexibility index (Phi) is 11.6. The zero-order valence-electron chi connectivity index (χ0n) is 18.5. The van der Waals surface area contributed by atoms with Crippen LogP contribution in [-0.2, 0) is 0 Å². The van der Waals surface area contributed by atoms with Gasteiger partial charge in [-0.3, -0.25) is 0 Å². The predicted octanol–water partition coefficient (Wildman–Crippen LogP) is 10.4. The van der Waals surface area contributed by atoms with E-state index in [9.17, 15) is 0 Å². The Labute approximate surface area is 193 Å². The summed E-state index contributed by atoms with van der Waals surface area (Å²) < 4.78 is 0. The number of allylic oxidation sites excluding steroid dienone is 2. The molecule has 0 nitrogen and oxygen atoms in total. The lowest BCUT2D eigenvalue weighted by Gasteiger charge is -2.11. The van der Waals surface area contributed by atoms with Crippen LogP contribution in [0.4, 0.5) is 0 Å². The fourth-order valence-corrected chi connectivity index (χ4v) is 5.66. The van der Waals surface area contributed by atoms with E-state index in [-0.39, 0.29) is 0 Å². The van der Waals surface area contributed by atoms with Gasteiger partial charge in [-0.1, -0.05) is 73.9 Å². The molecule has 0 radical (unpaired) electrons. The first kappa shape index (κ1) is 23.5. The number of rotatable bonds is 6. The molecule has 162 valence electrons. The quantitative estimate of drug-likeness (QED) is 0.433. The zero-order chi connectivity index (χ0) is 20.7. The highest BCUT2D eigenvalue weighted by Crippen LogP contribution is 2.26. The molecule has 0 unspecified atom stereocenters. The van der Waals surface area contributed by atoms with Crippen LogP contribution in [0.15, 0.2) is 57.0 Å². The van der Waals surface area contributed by atoms with E-state index in [1.807, 2.05) is 23.5 Å². The summed E-state index contributed by atoms with van der Waals surface area (Å²) in [5.74, 6) is 0. The fourth-order valence-electron chi connectivity index (χ4n) is 4.18. The molecule has 3 rings (SSSR count). The van der Waals surface area contributed by atoms with E-state index in [2.05, 4.69) is 58.0 Å². The highest BCUT2D eigenvalue weighted by molar-refractivity contribution is 8.05. The van der Waals surface area contributed by atoms with Crippen molar-refractivity contribution in [3.05, 3.63) is 68.2 Å². The van der Waals surface area contributed by atoms with Gasteiger partial charge in [-0.15, -0.1) is 23.5 Å². The van der Waals surface area contributed by atoms with E-state index in [1.165, 1.54) is 101 Å². The Morgan fingerprint density at radius 1 is 0.467 bits per heavy atom. The van der Waals surface area contributed by atoms with Gasteiger partial charge in [0.15, 0.2) is 0 Å². The summed E-state index contributed by atoms with van der Waals surface area (Å²) in [6, 6.07) is 8.88. The lowest BCUT2D eigenvalue weighted by atomic mass is 9.97. The first-order valence-corrected chi connectivity index (χ1v) is 13.9. The van der Waals surface area contributed by atoms with Crippen molar-refractivity contribution in [3.63, 3.8) is 0 Å². The number of hydrogen-bond acceptors (Lipinski definition) is 2.